The van der Waals surface area contributed by atoms with E-state index in [1.807, 2.05) is 6.92 Å². The molecule has 1 N–H and O–H groups in total. The first kappa shape index (κ1) is 11.2. The van der Waals surface area contributed by atoms with Crippen LogP contribution in [0.15, 0.2) is 18.7 Å². The van der Waals surface area contributed by atoms with E-state index >= 15 is 0 Å². The molecule has 2 heterocycles. The van der Waals surface area contributed by atoms with Gasteiger partial charge in [0.15, 0.2) is 5.82 Å². The lowest BCUT2D eigenvalue weighted by atomic mass is 10.4. The molecule has 0 amide bonds. The summed E-state index contributed by atoms with van der Waals surface area (Å²) in [6.07, 6.45) is 2.94. The van der Waals surface area contributed by atoms with Gasteiger partial charge in [-0.1, -0.05) is 23.2 Å². The molecule has 5 nitrogen and oxygen atoms in total. The average Bonchev–Trinajstić information content (AvgIpc) is 2.75. The molecule has 84 valence electrons. The topological polar surface area (TPSA) is 55.6 Å². The largest absolute Gasteiger partial charge is 0.369 e. The SMILES string of the molecule is CCNc1nc(-n2cncn2)c(Cl)cc1Cl. The number of nitrogens with zero attached hydrogens (tertiary/aromatic N) is 4. The molecule has 0 aliphatic heterocycles. The quantitative estimate of drug-likeness (QED) is 0.918. The summed E-state index contributed by atoms with van der Waals surface area (Å²) in [5, 5.41) is 7.92. The number of nitrogens with one attached hydrogen (secondary N) is 1. The molecule has 0 radical (unpaired) electrons. The normalized spacial score (nSPS) is 10.4. The molecular formula is C9H9Cl2N5. The van der Waals surface area contributed by atoms with Crippen molar-refractivity contribution in [2.45, 2.75) is 6.92 Å². The number of hydrogen-bond acceptors (Lipinski definition) is 4. The van der Waals surface area contributed by atoms with E-state index in [0.29, 0.717) is 21.7 Å². The molecule has 0 atom stereocenters. The summed E-state index contributed by atoms with van der Waals surface area (Å²) in [7, 11) is 0. The Balaban J connectivity index is 2.49. The Bertz CT molecular complexity index is 483. The highest BCUT2D eigenvalue weighted by Gasteiger charge is 2.10. The molecule has 0 fully saturated rings. The fourth-order valence-electron chi connectivity index (χ4n) is 1.23. The molecule has 0 saturated carbocycles. The van der Waals surface area contributed by atoms with Crippen LogP contribution in [0.3, 0.4) is 0 Å². The second-order valence-electron chi connectivity index (χ2n) is 2.99. The predicted molar refractivity (Wildman–Crippen MR) is 63.3 cm³/mol. The molecule has 0 unspecified atom stereocenters. The van der Waals surface area contributed by atoms with Crippen LogP contribution in [0.5, 0.6) is 0 Å². The fourth-order valence-corrected chi connectivity index (χ4v) is 1.74. The van der Waals surface area contributed by atoms with Gasteiger partial charge in [-0.3, -0.25) is 0 Å². The monoisotopic (exact) mass is 257 g/mol. The lowest BCUT2D eigenvalue weighted by Crippen LogP contribution is -2.05. The number of aromatic nitrogens is 4. The molecule has 0 saturated heterocycles. The van der Waals surface area contributed by atoms with Gasteiger partial charge >= 0.3 is 0 Å². The molecular weight excluding hydrogens is 249 g/mol. The Morgan fingerprint density at radius 3 is 2.81 bits per heavy atom. The molecule has 0 spiro atoms. The van der Waals surface area contributed by atoms with E-state index in [2.05, 4.69) is 20.4 Å². The maximum atomic E-state index is 6.03. The van der Waals surface area contributed by atoms with Crippen molar-refractivity contribution in [2.75, 3.05) is 11.9 Å². The molecule has 2 aromatic rings. The Morgan fingerprint density at radius 1 is 1.38 bits per heavy atom. The first-order valence-electron chi connectivity index (χ1n) is 4.67. The zero-order chi connectivity index (χ0) is 11.5. The van der Waals surface area contributed by atoms with Crippen LogP contribution >= 0.6 is 23.2 Å². The second-order valence-corrected chi connectivity index (χ2v) is 3.81. The predicted octanol–water partition coefficient (Wildman–Crippen LogP) is 2.40. The molecule has 0 aliphatic carbocycles. The van der Waals surface area contributed by atoms with Crippen LogP contribution in [0.25, 0.3) is 5.82 Å². The van der Waals surface area contributed by atoms with Crippen LogP contribution < -0.4 is 5.32 Å². The zero-order valence-electron chi connectivity index (χ0n) is 8.48. The first-order valence-corrected chi connectivity index (χ1v) is 5.43. The lowest BCUT2D eigenvalue weighted by Gasteiger charge is -2.09. The van der Waals surface area contributed by atoms with Crippen LogP contribution in [-0.2, 0) is 0 Å². The minimum absolute atomic E-state index is 0.428. The summed E-state index contributed by atoms with van der Waals surface area (Å²) < 4.78 is 1.49. The number of rotatable bonds is 3. The van der Waals surface area contributed by atoms with Crippen molar-refractivity contribution < 1.29 is 0 Å². The van der Waals surface area contributed by atoms with Gasteiger partial charge in [0, 0.05) is 6.54 Å². The Morgan fingerprint density at radius 2 is 2.19 bits per heavy atom. The third-order valence-electron chi connectivity index (χ3n) is 1.89. The van der Waals surface area contributed by atoms with E-state index in [4.69, 9.17) is 23.2 Å². The summed E-state index contributed by atoms with van der Waals surface area (Å²) in [5.74, 6) is 1.08. The zero-order valence-corrected chi connectivity index (χ0v) is 10.00. The summed E-state index contributed by atoms with van der Waals surface area (Å²) >= 11 is 12.0. The van der Waals surface area contributed by atoms with Gasteiger partial charge in [0.2, 0.25) is 0 Å². The minimum Gasteiger partial charge on any atom is -0.369 e. The van der Waals surface area contributed by atoms with Gasteiger partial charge in [0.05, 0.1) is 10.0 Å². The van der Waals surface area contributed by atoms with Gasteiger partial charge in [-0.2, -0.15) is 5.10 Å². The Kier molecular flexibility index (Phi) is 3.26. The maximum Gasteiger partial charge on any atom is 0.176 e. The molecule has 2 rings (SSSR count). The van der Waals surface area contributed by atoms with Gasteiger partial charge in [0.25, 0.3) is 0 Å². The van der Waals surface area contributed by atoms with E-state index < -0.39 is 0 Å². The van der Waals surface area contributed by atoms with E-state index in [1.54, 1.807) is 6.07 Å². The summed E-state index contributed by atoms with van der Waals surface area (Å²) in [6.45, 7) is 2.69. The molecule has 2 aromatic heterocycles. The second kappa shape index (κ2) is 4.67. The van der Waals surface area contributed by atoms with Crippen LogP contribution in [0.1, 0.15) is 6.92 Å². The van der Waals surface area contributed by atoms with Gasteiger partial charge in [-0.25, -0.2) is 14.6 Å². The third-order valence-corrected chi connectivity index (χ3v) is 2.46. The highest BCUT2D eigenvalue weighted by atomic mass is 35.5. The van der Waals surface area contributed by atoms with E-state index in [0.717, 1.165) is 6.54 Å². The number of hydrogen-bond donors (Lipinski definition) is 1. The van der Waals surface area contributed by atoms with Crippen LogP contribution in [-0.4, -0.2) is 26.3 Å². The molecule has 0 aromatic carbocycles. The smallest absolute Gasteiger partial charge is 0.176 e. The van der Waals surface area contributed by atoms with Gasteiger partial charge < -0.3 is 5.32 Å². The van der Waals surface area contributed by atoms with Crippen molar-refractivity contribution in [3.63, 3.8) is 0 Å². The number of anilines is 1. The Hall–Kier alpha value is -1.33. The van der Waals surface area contributed by atoms with E-state index in [1.165, 1.54) is 17.3 Å². The standard InChI is InChI=1S/C9H9Cl2N5/c1-2-13-8-6(10)3-7(11)9(15-8)16-5-12-4-14-16/h3-5H,2H2,1H3,(H,13,15). The minimum atomic E-state index is 0.428. The van der Waals surface area contributed by atoms with Crippen molar-refractivity contribution in [3.05, 3.63) is 28.8 Å². The molecule has 0 aliphatic rings. The first-order chi connectivity index (χ1) is 7.72. The lowest BCUT2D eigenvalue weighted by molar-refractivity contribution is 0.845. The molecule has 7 heteroatoms. The van der Waals surface area contributed by atoms with Crippen LogP contribution in [0.2, 0.25) is 10.0 Å². The summed E-state index contributed by atoms with van der Waals surface area (Å²) in [4.78, 5) is 8.13. The highest BCUT2D eigenvalue weighted by molar-refractivity contribution is 6.36. The Labute approximate surface area is 102 Å². The van der Waals surface area contributed by atoms with E-state index in [-0.39, 0.29) is 0 Å². The van der Waals surface area contributed by atoms with Crippen molar-refractivity contribution >= 4 is 29.0 Å². The van der Waals surface area contributed by atoms with Crippen molar-refractivity contribution in [2.24, 2.45) is 0 Å². The van der Waals surface area contributed by atoms with Crippen molar-refractivity contribution in [1.82, 2.24) is 19.7 Å². The third kappa shape index (κ3) is 2.10. The maximum absolute atomic E-state index is 6.03. The van der Waals surface area contributed by atoms with Crippen LogP contribution in [0.4, 0.5) is 5.82 Å². The molecule has 16 heavy (non-hydrogen) atoms. The van der Waals surface area contributed by atoms with Crippen molar-refractivity contribution in [3.8, 4) is 5.82 Å². The summed E-state index contributed by atoms with van der Waals surface area (Å²) in [6, 6.07) is 1.63. The number of halogens is 2. The number of pyridine rings is 1. The highest BCUT2D eigenvalue weighted by Crippen LogP contribution is 2.27. The van der Waals surface area contributed by atoms with Crippen molar-refractivity contribution in [1.29, 1.82) is 0 Å². The molecule has 0 bridgehead atoms. The van der Waals surface area contributed by atoms with Gasteiger partial charge in [-0.15, -0.1) is 0 Å². The van der Waals surface area contributed by atoms with Gasteiger partial charge in [-0.05, 0) is 13.0 Å². The summed E-state index contributed by atoms with van der Waals surface area (Å²) in [5.41, 5.74) is 0. The van der Waals surface area contributed by atoms with Crippen LogP contribution in [0, 0.1) is 0 Å². The fraction of sp³-hybridized carbons (Fsp3) is 0.222. The average molecular weight is 258 g/mol. The van der Waals surface area contributed by atoms with Gasteiger partial charge in [0.1, 0.15) is 18.5 Å². The van der Waals surface area contributed by atoms with E-state index in [9.17, 15) is 0 Å².